The fourth-order valence-corrected chi connectivity index (χ4v) is 4.46. The first-order valence-electron chi connectivity index (χ1n) is 8.03. The monoisotopic (exact) mass is 251 g/mol. The predicted molar refractivity (Wildman–Crippen MR) is 75.6 cm³/mol. The van der Waals surface area contributed by atoms with Crippen molar-refractivity contribution < 1.29 is 0 Å². The summed E-state index contributed by atoms with van der Waals surface area (Å²) in [4.78, 5) is 5.54. The van der Waals surface area contributed by atoms with Crippen LogP contribution in [0.1, 0.15) is 45.4 Å². The number of likely N-dealkylation sites (tertiary alicyclic amines) is 1. The summed E-state index contributed by atoms with van der Waals surface area (Å²) in [5.41, 5.74) is 6.25. The van der Waals surface area contributed by atoms with E-state index in [9.17, 15) is 0 Å². The number of nitrogens with two attached hydrogens (primary N) is 1. The van der Waals surface area contributed by atoms with E-state index in [1.807, 2.05) is 0 Å². The molecule has 0 bridgehead atoms. The summed E-state index contributed by atoms with van der Waals surface area (Å²) in [5, 5.41) is 0. The molecule has 104 valence electrons. The summed E-state index contributed by atoms with van der Waals surface area (Å²) in [7, 11) is 0. The molecule has 0 aromatic rings. The minimum absolute atomic E-state index is 0.454. The third-order valence-corrected chi connectivity index (χ3v) is 5.64. The van der Waals surface area contributed by atoms with Crippen molar-refractivity contribution in [2.75, 3.05) is 26.2 Å². The van der Waals surface area contributed by atoms with Crippen molar-refractivity contribution in [1.29, 1.82) is 0 Å². The highest BCUT2D eigenvalue weighted by Gasteiger charge is 2.40. The van der Waals surface area contributed by atoms with Gasteiger partial charge in [0.25, 0.3) is 0 Å². The normalized spacial score (nSPS) is 43.0. The first kappa shape index (κ1) is 12.9. The molecule has 2 N–H and O–H groups in total. The maximum atomic E-state index is 6.25. The van der Waals surface area contributed by atoms with E-state index in [2.05, 4.69) is 16.7 Å². The molecule has 3 heteroatoms. The highest BCUT2D eigenvalue weighted by molar-refractivity contribution is 4.97. The Kier molecular flexibility index (Phi) is 3.92. The van der Waals surface area contributed by atoms with Crippen molar-refractivity contribution >= 4 is 0 Å². The molecule has 3 aliphatic rings. The summed E-state index contributed by atoms with van der Waals surface area (Å²) in [6.45, 7) is 7.50. The van der Waals surface area contributed by atoms with Crippen LogP contribution in [0.3, 0.4) is 0 Å². The van der Waals surface area contributed by atoms with Gasteiger partial charge < -0.3 is 5.73 Å². The highest BCUT2D eigenvalue weighted by atomic mass is 15.3. The average molecular weight is 251 g/mol. The zero-order valence-corrected chi connectivity index (χ0v) is 11.9. The van der Waals surface area contributed by atoms with Crippen molar-refractivity contribution in [2.24, 2.45) is 11.7 Å². The Labute approximate surface area is 112 Å². The zero-order chi connectivity index (χ0) is 12.5. The van der Waals surface area contributed by atoms with Gasteiger partial charge in [-0.1, -0.05) is 19.8 Å². The molecule has 0 aromatic carbocycles. The molecule has 3 nitrogen and oxygen atoms in total. The molecular weight excluding hydrogens is 222 g/mol. The third kappa shape index (κ3) is 2.33. The highest BCUT2D eigenvalue weighted by Crippen LogP contribution is 2.33. The van der Waals surface area contributed by atoms with E-state index in [4.69, 9.17) is 5.73 Å². The van der Waals surface area contributed by atoms with Crippen LogP contribution in [0.4, 0.5) is 0 Å². The van der Waals surface area contributed by atoms with Gasteiger partial charge in [-0.05, 0) is 44.7 Å². The van der Waals surface area contributed by atoms with Crippen molar-refractivity contribution in [2.45, 2.75) is 63.6 Å². The first-order valence-corrected chi connectivity index (χ1v) is 8.03. The summed E-state index contributed by atoms with van der Waals surface area (Å²) in [5.74, 6) is 0.733. The van der Waals surface area contributed by atoms with Gasteiger partial charge in [-0.2, -0.15) is 0 Å². The lowest BCUT2D eigenvalue weighted by Gasteiger charge is -2.43. The van der Waals surface area contributed by atoms with Crippen LogP contribution in [0, 0.1) is 5.92 Å². The van der Waals surface area contributed by atoms with Gasteiger partial charge in [-0.25, -0.2) is 0 Å². The van der Waals surface area contributed by atoms with E-state index in [1.54, 1.807) is 0 Å². The largest absolute Gasteiger partial charge is 0.327 e. The maximum absolute atomic E-state index is 6.25. The number of fused-ring (bicyclic) bond motifs is 1. The lowest BCUT2D eigenvalue weighted by Crippen LogP contribution is -2.54. The van der Waals surface area contributed by atoms with E-state index in [1.165, 1.54) is 64.7 Å². The molecule has 3 heterocycles. The molecule has 3 aliphatic heterocycles. The molecule has 0 aliphatic carbocycles. The van der Waals surface area contributed by atoms with Crippen LogP contribution in [0.25, 0.3) is 0 Å². The van der Waals surface area contributed by atoms with E-state index in [0.29, 0.717) is 6.04 Å². The third-order valence-electron chi connectivity index (χ3n) is 5.64. The number of nitrogens with zero attached hydrogens (tertiary/aromatic N) is 2. The summed E-state index contributed by atoms with van der Waals surface area (Å²) in [6, 6.07) is 2.16. The minimum Gasteiger partial charge on any atom is -0.327 e. The Balaban J connectivity index is 1.64. The Morgan fingerprint density at radius 3 is 2.56 bits per heavy atom. The molecule has 4 unspecified atom stereocenters. The van der Waals surface area contributed by atoms with Crippen molar-refractivity contribution in [3.05, 3.63) is 0 Å². The van der Waals surface area contributed by atoms with E-state index in [0.717, 1.165) is 18.0 Å². The predicted octanol–water partition coefficient (Wildman–Crippen LogP) is 1.67. The molecule has 0 amide bonds. The van der Waals surface area contributed by atoms with Crippen LogP contribution >= 0.6 is 0 Å². The lowest BCUT2D eigenvalue weighted by molar-refractivity contribution is 0.0693. The second-order valence-corrected chi connectivity index (χ2v) is 6.57. The van der Waals surface area contributed by atoms with E-state index in [-0.39, 0.29) is 0 Å². The van der Waals surface area contributed by atoms with Crippen molar-refractivity contribution in [1.82, 2.24) is 9.80 Å². The molecule has 3 saturated heterocycles. The lowest BCUT2D eigenvalue weighted by atomic mass is 9.88. The molecule has 18 heavy (non-hydrogen) atoms. The SMILES string of the molecule is CCC1CN(C2CCN3CCCCC23)CCC1N. The molecule has 0 spiro atoms. The smallest absolute Gasteiger partial charge is 0.0263 e. The molecule has 4 atom stereocenters. The second-order valence-electron chi connectivity index (χ2n) is 6.57. The van der Waals surface area contributed by atoms with Gasteiger partial charge in [0, 0.05) is 31.2 Å². The molecular formula is C15H29N3. The van der Waals surface area contributed by atoms with Gasteiger partial charge in [-0.3, -0.25) is 9.80 Å². The van der Waals surface area contributed by atoms with Gasteiger partial charge in [0.1, 0.15) is 0 Å². The van der Waals surface area contributed by atoms with Crippen LogP contribution in [-0.2, 0) is 0 Å². The van der Waals surface area contributed by atoms with Gasteiger partial charge in [0.15, 0.2) is 0 Å². The van der Waals surface area contributed by atoms with E-state index < -0.39 is 0 Å². The van der Waals surface area contributed by atoms with Crippen molar-refractivity contribution in [3.8, 4) is 0 Å². The molecule has 0 saturated carbocycles. The Morgan fingerprint density at radius 2 is 1.72 bits per heavy atom. The van der Waals surface area contributed by atoms with Gasteiger partial charge in [-0.15, -0.1) is 0 Å². The van der Waals surface area contributed by atoms with Crippen LogP contribution in [-0.4, -0.2) is 54.1 Å². The Hall–Kier alpha value is -0.120. The summed E-state index contributed by atoms with van der Waals surface area (Å²) in [6.07, 6.45) is 8.16. The molecule has 3 fully saturated rings. The fraction of sp³-hybridized carbons (Fsp3) is 1.00. The topological polar surface area (TPSA) is 32.5 Å². The zero-order valence-electron chi connectivity index (χ0n) is 11.9. The summed E-state index contributed by atoms with van der Waals surface area (Å²) >= 11 is 0. The first-order chi connectivity index (χ1) is 8.79. The number of piperidine rings is 2. The van der Waals surface area contributed by atoms with Gasteiger partial charge in [0.05, 0.1) is 0 Å². The van der Waals surface area contributed by atoms with Crippen LogP contribution in [0.15, 0.2) is 0 Å². The Morgan fingerprint density at radius 1 is 0.944 bits per heavy atom. The standard InChI is InChI=1S/C15H29N3/c1-2-12-11-18(9-6-13(12)16)15-7-10-17-8-4-3-5-14(15)17/h12-15H,2-11,16H2,1H3. The van der Waals surface area contributed by atoms with Crippen LogP contribution in [0.2, 0.25) is 0 Å². The Bertz CT molecular complexity index is 281. The second kappa shape index (κ2) is 5.48. The van der Waals surface area contributed by atoms with Crippen LogP contribution < -0.4 is 5.73 Å². The molecule has 0 radical (unpaired) electrons. The quantitative estimate of drug-likeness (QED) is 0.810. The fourth-order valence-electron chi connectivity index (χ4n) is 4.46. The molecule has 0 aromatic heterocycles. The molecule has 3 rings (SSSR count). The number of rotatable bonds is 2. The van der Waals surface area contributed by atoms with Gasteiger partial charge in [0.2, 0.25) is 0 Å². The van der Waals surface area contributed by atoms with Crippen LogP contribution in [0.5, 0.6) is 0 Å². The summed E-state index contributed by atoms with van der Waals surface area (Å²) < 4.78 is 0. The average Bonchev–Trinajstić information content (AvgIpc) is 2.83. The van der Waals surface area contributed by atoms with E-state index >= 15 is 0 Å². The number of hydrogen-bond donors (Lipinski definition) is 1. The minimum atomic E-state index is 0.454. The number of hydrogen-bond acceptors (Lipinski definition) is 3. The van der Waals surface area contributed by atoms with Gasteiger partial charge >= 0.3 is 0 Å². The van der Waals surface area contributed by atoms with Crippen molar-refractivity contribution in [3.63, 3.8) is 0 Å². The maximum Gasteiger partial charge on any atom is 0.0263 e.